The highest BCUT2D eigenvalue weighted by Crippen LogP contribution is 2.21. The minimum Gasteiger partial charge on any atom is -0.342 e. The van der Waals surface area contributed by atoms with Crippen LogP contribution in [0.25, 0.3) is 0 Å². The molecule has 3 rings (SSSR count). The number of aromatic nitrogens is 1. The van der Waals surface area contributed by atoms with Crippen molar-refractivity contribution in [3.05, 3.63) is 66.0 Å². The number of hydrogen-bond donors (Lipinski definition) is 0. The average Bonchev–Trinajstić information content (AvgIpc) is 2.74. The summed E-state index contributed by atoms with van der Waals surface area (Å²) in [5.74, 6) is 0.203. The smallest absolute Gasteiger partial charge is 0.227 e. The maximum atomic E-state index is 13.2. The maximum Gasteiger partial charge on any atom is 0.227 e. The molecule has 0 spiro atoms. The number of piperidine rings is 1. The van der Waals surface area contributed by atoms with Crippen molar-refractivity contribution < 1.29 is 9.59 Å². The van der Waals surface area contributed by atoms with E-state index >= 15 is 0 Å². The Bertz CT molecular complexity index is 764. The third-order valence-corrected chi connectivity index (χ3v) is 5.26. The van der Waals surface area contributed by atoms with Crippen molar-refractivity contribution in [2.45, 2.75) is 39.2 Å². The Morgan fingerprint density at radius 1 is 1.18 bits per heavy atom. The second-order valence-electron chi connectivity index (χ2n) is 7.43. The van der Waals surface area contributed by atoms with Gasteiger partial charge in [0.1, 0.15) is 0 Å². The molecule has 5 nitrogen and oxygen atoms in total. The van der Waals surface area contributed by atoms with Crippen LogP contribution in [0.2, 0.25) is 0 Å². The topological polar surface area (TPSA) is 53.5 Å². The van der Waals surface area contributed by atoms with Gasteiger partial charge >= 0.3 is 0 Å². The molecule has 0 saturated carbocycles. The molecule has 1 aromatic heterocycles. The molecule has 148 valence electrons. The second kappa shape index (κ2) is 10.0. The molecule has 1 saturated heterocycles. The van der Waals surface area contributed by atoms with Crippen molar-refractivity contribution in [3.63, 3.8) is 0 Å². The number of hydrogen-bond acceptors (Lipinski definition) is 3. The largest absolute Gasteiger partial charge is 0.342 e. The summed E-state index contributed by atoms with van der Waals surface area (Å²) in [7, 11) is 0. The van der Waals surface area contributed by atoms with Gasteiger partial charge in [-0.2, -0.15) is 0 Å². The molecule has 2 aromatic rings. The van der Waals surface area contributed by atoms with Gasteiger partial charge in [-0.15, -0.1) is 0 Å². The summed E-state index contributed by atoms with van der Waals surface area (Å²) in [5.41, 5.74) is 2.25. The summed E-state index contributed by atoms with van der Waals surface area (Å²) in [6.45, 7) is 4.58. The number of amides is 2. The first kappa shape index (κ1) is 20.1. The lowest BCUT2D eigenvalue weighted by molar-refractivity contribution is -0.143. The summed E-state index contributed by atoms with van der Waals surface area (Å²) < 4.78 is 0. The highest BCUT2D eigenvalue weighted by molar-refractivity contribution is 5.84. The van der Waals surface area contributed by atoms with Crippen LogP contribution in [0.5, 0.6) is 0 Å². The van der Waals surface area contributed by atoms with Crippen LogP contribution in [0.15, 0.2) is 54.9 Å². The van der Waals surface area contributed by atoms with Crippen LogP contribution in [0.4, 0.5) is 0 Å². The molecule has 28 heavy (non-hydrogen) atoms. The fourth-order valence-electron chi connectivity index (χ4n) is 3.75. The number of likely N-dealkylation sites (tertiary alicyclic amines) is 1. The fourth-order valence-corrected chi connectivity index (χ4v) is 3.75. The molecular weight excluding hydrogens is 350 g/mol. The number of carbonyl (C=O) groups is 2. The Balaban J connectivity index is 1.61. The van der Waals surface area contributed by atoms with Gasteiger partial charge in [-0.25, -0.2) is 0 Å². The van der Waals surface area contributed by atoms with Gasteiger partial charge < -0.3 is 9.80 Å². The normalized spacial score (nSPS) is 16.8. The van der Waals surface area contributed by atoms with E-state index in [0.717, 1.165) is 24.9 Å². The SMILES string of the molecule is CCCN(Cc1cccnc1)C(=O)[C@@H]1CCC(=O)N(CCc2ccccc2)C1. The quantitative estimate of drug-likeness (QED) is 0.707. The van der Waals surface area contributed by atoms with E-state index in [1.54, 1.807) is 6.20 Å². The van der Waals surface area contributed by atoms with Crippen molar-refractivity contribution in [2.24, 2.45) is 5.92 Å². The Morgan fingerprint density at radius 2 is 1.96 bits per heavy atom. The van der Waals surface area contributed by atoms with Gasteiger partial charge in [-0.05, 0) is 36.5 Å². The lowest BCUT2D eigenvalue weighted by atomic mass is 9.95. The zero-order valence-electron chi connectivity index (χ0n) is 16.6. The molecule has 1 atom stereocenters. The van der Waals surface area contributed by atoms with E-state index in [1.807, 2.05) is 46.3 Å². The average molecular weight is 380 g/mol. The van der Waals surface area contributed by atoms with Crippen LogP contribution in [-0.4, -0.2) is 46.2 Å². The van der Waals surface area contributed by atoms with Gasteiger partial charge in [0.15, 0.2) is 0 Å². The molecule has 1 aromatic carbocycles. The van der Waals surface area contributed by atoms with Crippen LogP contribution in [0.3, 0.4) is 0 Å². The molecule has 2 heterocycles. The molecule has 1 aliphatic rings. The van der Waals surface area contributed by atoms with E-state index in [9.17, 15) is 9.59 Å². The molecular formula is C23H29N3O2. The molecule has 2 amide bonds. The highest BCUT2D eigenvalue weighted by atomic mass is 16.2. The van der Waals surface area contributed by atoms with Crippen LogP contribution in [-0.2, 0) is 22.6 Å². The van der Waals surface area contributed by atoms with Crippen molar-refractivity contribution in [2.75, 3.05) is 19.6 Å². The van der Waals surface area contributed by atoms with E-state index in [2.05, 4.69) is 24.0 Å². The standard InChI is InChI=1S/C23H29N3O2/c1-2-14-26(17-20-9-6-13-24-16-20)23(28)21-10-11-22(27)25(18-21)15-12-19-7-4-3-5-8-19/h3-9,13,16,21H,2,10-12,14-15,17-18H2,1H3/t21-/m1/s1. The summed E-state index contributed by atoms with van der Waals surface area (Å²) in [5, 5.41) is 0. The van der Waals surface area contributed by atoms with Gasteiger partial charge in [0.25, 0.3) is 0 Å². The minimum atomic E-state index is -0.114. The molecule has 5 heteroatoms. The summed E-state index contributed by atoms with van der Waals surface area (Å²) in [6.07, 6.45) is 6.39. The minimum absolute atomic E-state index is 0.114. The van der Waals surface area contributed by atoms with Crippen molar-refractivity contribution in [1.82, 2.24) is 14.8 Å². The van der Waals surface area contributed by atoms with E-state index < -0.39 is 0 Å². The number of benzene rings is 1. The molecule has 0 aliphatic carbocycles. The Morgan fingerprint density at radius 3 is 2.68 bits per heavy atom. The monoisotopic (exact) mass is 379 g/mol. The van der Waals surface area contributed by atoms with Gasteiger partial charge in [0.05, 0.1) is 5.92 Å². The van der Waals surface area contributed by atoms with E-state index in [-0.39, 0.29) is 17.7 Å². The summed E-state index contributed by atoms with van der Waals surface area (Å²) in [4.78, 5) is 33.5. The molecule has 0 N–H and O–H groups in total. The van der Waals surface area contributed by atoms with Gasteiger partial charge in [0, 0.05) is 45.0 Å². The molecule has 1 aliphatic heterocycles. The Labute approximate surface area is 167 Å². The molecule has 0 radical (unpaired) electrons. The maximum absolute atomic E-state index is 13.2. The van der Waals surface area contributed by atoms with Gasteiger partial charge in [-0.1, -0.05) is 43.3 Å². The van der Waals surface area contributed by atoms with Gasteiger partial charge in [-0.3, -0.25) is 14.6 Å². The van der Waals surface area contributed by atoms with Crippen LogP contribution >= 0.6 is 0 Å². The highest BCUT2D eigenvalue weighted by Gasteiger charge is 2.32. The van der Waals surface area contributed by atoms with E-state index in [0.29, 0.717) is 32.5 Å². The predicted molar refractivity (Wildman–Crippen MR) is 109 cm³/mol. The predicted octanol–water partition coefficient (Wildman–Crippen LogP) is 3.30. The number of rotatable bonds is 8. The number of carbonyl (C=O) groups excluding carboxylic acids is 2. The summed E-state index contributed by atoms with van der Waals surface area (Å²) in [6, 6.07) is 14.1. The van der Waals surface area contributed by atoms with Crippen molar-refractivity contribution in [1.29, 1.82) is 0 Å². The van der Waals surface area contributed by atoms with Gasteiger partial charge in [0.2, 0.25) is 11.8 Å². The second-order valence-corrected chi connectivity index (χ2v) is 7.43. The third kappa shape index (κ3) is 5.41. The molecule has 0 bridgehead atoms. The first-order chi connectivity index (χ1) is 13.7. The van der Waals surface area contributed by atoms with Crippen LogP contribution in [0, 0.1) is 5.92 Å². The number of pyridine rings is 1. The molecule has 0 unspecified atom stereocenters. The Kier molecular flexibility index (Phi) is 7.18. The zero-order chi connectivity index (χ0) is 19.8. The van der Waals surface area contributed by atoms with Crippen molar-refractivity contribution >= 4 is 11.8 Å². The third-order valence-electron chi connectivity index (χ3n) is 5.26. The van der Waals surface area contributed by atoms with Crippen molar-refractivity contribution in [3.8, 4) is 0 Å². The fraction of sp³-hybridized carbons (Fsp3) is 0.435. The number of nitrogens with zero attached hydrogens (tertiary/aromatic N) is 3. The first-order valence-corrected chi connectivity index (χ1v) is 10.2. The van der Waals surface area contributed by atoms with E-state index in [1.165, 1.54) is 5.56 Å². The van der Waals surface area contributed by atoms with E-state index in [4.69, 9.17) is 0 Å². The van der Waals surface area contributed by atoms with Crippen LogP contribution in [0.1, 0.15) is 37.3 Å². The Hall–Kier alpha value is -2.69. The van der Waals surface area contributed by atoms with Crippen LogP contribution < -0.4 is 0 Å². The first-order valence-electron chi connectivity index (χ1n) is 10.2. The zero-order valence-corrected chi connectivity index (χ0v) is 16.6. The summed E-state index contributed by atoms with van der Waals surface area (Å²) >= 11 is 0. The molecule has 1 fully saturated rings. The lowest BCUT2D eigenvalue weighted by Gasteiger charge is -2.35. The lowest BCUT2D eigenvalue weighted by Crippen LogP contribution is -2.47.